The number of likely N-dealkylation sites (tertiary alicyclic amines) is 1. The Bertz CT molecular complexity index is 953. The van der Waals surface area contributed by atoms with Gasteiger partial charge in [0.15, 0.2) is 5.05 Å². The quantitative estimate of drug-likeness (QED) is 0.309. The predicted molar refractivity (Wildman–Crippen MR) is 129 cm³/mol. The molecule has 1 aliphatic rings. The Morgan fingerprint density at radius 3 is 2.61 bits per heavy atom. The highest BCUT2D eigenvalue weighted by Crippen LogP contribution is 2.26. The van der Waals surface area contributed by atoms with Gasteiger partial charge < -0.3 is 9.64 Å². The van der Waals surface area contributed by atoms with E-state index >= 15 is 0 Å². The molecule has 0 spiro atoms. The number of Topliss-reactive ketones (excluding diaryl/α,β-unsaturated/α-hetero) is 1. The van der Waals surface area contributed by atoms with Crippen LogP contribution in [0.15, 0.2) is 42.5 Å². The van der Waals surface area contributed by atoms with Crippen LogP contribution in [0, 0.1) is 5.41 Å². The SMILES string of the molecule is CCC(C)(C)C(=O)C(=O)N1CCCCC1C(=S)OCCCc1ccc2ccccc2c1. The molecule has 1 unspecified atom stereocenters. The number of nitrogens with zero attached hydrogens (tertiary/aromatic N) is 1. The Kier molecular flexibility index (Phi) is 7.82. The van der Waals surface area contributed by atoms with Crippen molar-refractivity contribution < 1.29 is 14.3 Å². The van der Waals surface area contributed by atoms with Gasteiger partial charge in [-0.3, -0.25) is 9.59 Å². The third-order valence-electron chi connectivity index (χ3n) is 6.40. The maximum atomic E-state index is 12.9. The van der Waals surface area contributed by atoms with Crippen LogP contribution in [0.3, 0.4) is 0 Å². The highest BCUT2D eigenvalue weighted by atomic mass is 32.1. The average Bonchev–Trinajstić information content (AvgIpc) is 2.80. The van der Waals surface area contributed by atoms with Crippen LogP contribution in [-0.4, -0.2) is 40.8 Å². The number of ketones is 1. The molecule has 1 saturated heterocycles. The van der Waals surface area contributed by atoms with Crippen LogP contribution < -0.4 is 0 Å². The first kappa shape index (κ1) is 23.4. The molecule has 166 valence electrons. The van der Waals surface area contributed by atoms with E-state index in [0.717, 1.165) is 32.1 Å². The number of thiocarbonyl (C=S) groups is 1. The largest absolute Gasteiger partial charge is 0.485 e. The molecular weight excluding hydrogens is 406 g/mol. The summed E-state index contributed by atoms with van der Waals surface area (Å²) in [6.45, 7) is 6.66. The number of aryl methyl sites for hydroxylation is 1. The Morgan fingerprint density at radius 2 is 1.87 bits per heavy atom. The lowest BCUT2D eigenvalue weighted by Gasteiger charge is -2.36. The summed E-state index contributed by atoms with van der Waals surface area (Å²) in [6.07, 6.45) is 5.03. The molecule has 1 aliphatic heterocycles. The summed E-state index contributed by atoms with van der Waals surface area (Å²) in [5.74, 6) is -0.750. The van der Waals surface area contributed by atoms with E-state index in [1.54, 1.807) is 4.90 Å². The Labute approximate surface area is 191 Å². The second-order valence-corrected chi connectivity index (χ2v) is 9.43. The minimum atomic E-state index is -0.651. The molecular formula is C26H33NO3S. The minimum absolute atomic E-state index is 0.284. The molecule has 2 aromatic rings. The van der Waals surface area contributed by atoms with Gasteiger partial charge in [-0.1, -0.05) is 63.2 Å². The fourth-order valence-electron chi connectivity index (χ4n) is 3.94. The molecule has 1 amide bonds. The normalized spacial score (nSPS) is 16.9. The zero-order valence-corrected chi connectivity index (χ0v) is 19.7. The number of rotatable bonds is 8. The zero-order valence-electron chi connectivity index (χ0n) is 18.9. The van der Waals surface area contributed by atoms with Crippen LogP contribution in [-0.2, 0) is 20.7 Å². The third-order valence-corrected chi connectivity index (χ3v) is 6.79. The Hall–Kier alpha value is -2.27. The van der Waals surface area contributed by atoms with Gasteiger partial charge in [-0.2, -0.15) is 0 Å². The number of fused-ring (bicyclic) bond motifs is 1. The van der Waals surface area contributed by atoms with Crippen molar-refractivity contribution in [1.29, 1.82) is 0 Å². The van der Waals surface area contributed by atoms with Crippen LogP contribution in [0.1, 0.15) is 58.4 Å². The van der Waals surface area contributed by atoms with E-state index < -0.39 is 11.3 Å². The van der Waals surface area contributed by atoms with Crippen molar-refractivity contribution in [3.05, 3.63) is 48.0 Å². The summed E-state index contributed by atoms with van der Waals surface area (Å²) < 4.78 is 5.89. The highest BCUT2D eigenvalue weighted by molar-refractivity contribution is 7.80. The van der Waals surface area contributed by atoms with Gasteiger partial charge in [-0.15, -0.1) is 0 Å². The number of hydrogen-bond acceptors (Lipinski definition) is 4. The first-order valence-electron chi connectivity index (χ1n) is 11.3. The molecule has 0 aromatic heterocycles. The average molecular weight is 440 g/mol. The standard InChI is InChI=1S/C26H33NO3S/c1-4-26(2,3)23(28)24(29)27-16-8-7-13-22(27)25(31)30-17-9-10-19-14-15-20-11-5-6-12-21(20)18-19/h5-6,11-12,14-15,18,22H,4,7-10,13,16-17H2,1-3H3. The summed E-state index contributed by atoms with van der Waals surface area (Å²) in [6, 6.07) is 14.6. The van der Waals surface area contributed by atoms with Crippen LogP contribution >= 0.6 is 12.2 Å². The van der Waals surface area contributed by atoms with E-state index in [-0.39, 0.29) is 11.8 Å². The van der Waals surface area contributed by atoms with Crippen LogP contribution in [0.2, 0.25) is 0 Å². The number of ether oxygens (including phenoxy) is 1. The lowest BCUT2D eigenvalue weighted by molar-refractivity contribution is -0.150. The van der Waals surface area contributed by atoms with Gasteiger partial charge >= 0.3 is 0 Å². The molecule has 0 N–H and O–H groups in total. The number of amides is 1. The maximum Gasteiger partial charge on any atom is 0.291 e. The van der Waals surface area contributed by atoms with Crippen molar-refractivity contribution in [2.45, 2.75) is 65.3 Å². The first-order chi connectivity index (χ1) is 14.8. The van der Waals surface area contributed by atoms with Crippen LogP contribution in [0.4, 0.5) is 0 Å². The van der Waals surface area contributed by atoms with Crippen molar-refractivity contribution in [2.75, 3.05) is 13.2 Å². The molecule has 0 aliphatic carbocycles. The number of carbonyl (C=O) groups is 2. The Morgan fingerprint density at radius 1 is 1.13 bits per heavy atom. The van der Waals surface area contributed by atoms with Crippen molar-refractivity contribution in [2.24, 2.45) is 5.41 Å². The molecule has 1 atom stereocenters. The lowest BCUT2D eigenvalue weighted by atomic mass is 9.84. The van der Waals surface area contributed by atoms with Gasteiger partial charge in [0.1, 0.15) is 6.04 Å². The lowest BCUT2D eigenvalue weighted by Crippen LogP contribution is -2.52. The fraction of sp³-hybridized carbons (Fsp3) is 0.500. The molecule has 0 bridgehead atoms. The molecule has 1 heterocycles. The monoisotopic (exact) mass is 439 g/mol. The van der Waals surface area contributed by atoms with E-state index in [4.69, 9.17) is 17.0 Å². The molecule has 31 heavy (non-hydrogen) atoms. The van der Waals surface area contributed by atoms with E-state index in [9.17, 15) is 9.59 Å². The summed E-state index contributed by atoms with van der Waals surface area (Å²) in [7, 11) is 0. The third kappa shape index (κ3) is 5.70. The van der Waals surface area contributed by atoms with E-state index in [1.807, 2.05) is 26.8 Å². The molecule has 5 heteroatoms. The number of hydrogen-bond donors (Lipinski definition) is 0. The predicted octanol–water partition coefficient (Wildman–Crippen LogP) is 5.50. The molecule has 2 aromatic carbocycles. The van der Waals surface area contributed by atoms with Gasteiger partial charge in [0.25, 0.3) is 5.91 Å². The molecule has 3 rings (SSSR count). The van der Waals surface area contributed by atoms with E-state index in [2.05, 4.69) is 36.4 Å². The van der Waals surface area contributed by atoms with Crippen molar-refractivity contribution in [3.8, 4) is 0 Å². The Balaban J connectivity index is 1.54. The fourth-order valence-corrected chi connectivity index (χ4v) is 4.27. The molecule has 1 fully saturated rings. The number of carbonyl (C=O) groups excluding carboxylic acids is 2. The summed E-state index contributed by atoms with van der Waals surface area (Å²) in [5.41, 5.74) is 0.622. The zero-order chi connectivity index (χ0) is 22.4. The number of piperidine rings is 1. The van der Waals surface area contributed by atoms with Crippen LogP contribution in [0.25, 0.3) is 10.8 Å². The topological polar surface area (TPSA) is 46.6 Å². The second-order valence-electron chi connectivity index (χ2n) is 9.03. The van der Waals surface area contributed by atoms with Crippen molar-refractivity contribution in [3.63, 3.8) is 0 Å². The van der Waals surface area contributed by atoms with E-state index in [0.29, 0.717) is 24.6 Å². The smallest absolute Gasteiger partial charge is 0.291 e. The van der Waals surface area contributed by atoms with Gasteiger partial charge in [0.2, 0.25) is 5.78 Å². The van der Waals surface area contributed by atoms with Gasteiger partial charge in [0.05, 0.1) is 6.61 Å². The molecule has 0 radical (unpaired) electrons. The minimum Gasteiger partial charge on any atom is -0.485 e. The van der Waals surface area contributed by atoms with Crippen molar-refractivity contribution >= 4 is 39.7 Å². The highest BCUT2D eigenvalue weighted by Gasteiger charge is 2.39. The van der Waals surface area contributed by atoms with Gasteiger partial charge in [0, 0.05) is 12.0 Å². The van der Waals surface area contributed by atoms with Gasteiger partial charge in [-0.05, 0) is 67.1 Å². The second kappa shape index (κ2) is 10.4. The van der Waals surface area contributed by atoms with E-state index in [1.165, 1.54) is 16.3 Å². The van der Waals surface area contributed by atoms with Crippen molar-refractivity contribution in [1.82, 2.24) is 4.90 Å². The molecule has 4 nitrogen and oxygen atoms in total. The summed E-state index contributed by atoms with van der Waals surface area (Å²) in [4.78, 5) is 27.2. The summed E-state index contributed by atoms with van der Waals surface area (Å²) in [5, 5.41) is 2.92. The van der Waals surface area contributed by atoms with Gasteiger partial charge in [-0.25, -0.2) is 0 Å². The van der Waals surface area contributed by atoms with Crippen LogP contribution in [0.5, 0.6) is 0 Å². The maximum absolute atomic E-state index is 12.9. The first-order valence-corrected chi connectivity index (χ1v) is 11.7. The molecule has 0 saturated carbocycles. The number of benzene rings is 2. The summed E-state index contributed by atoms with van der Waals surface area (Å²) >= 11 is 5.54.